The smallest absolute Gasteiger partial charge is 0.184 e. The van der Waals surface area contributed by atoms with E-state index in [4.69, 9.17) is 5.26 Å². The Labute approximate surface area is 115 Å². The Kier molecular flexibility index (Phi) is 3.90. The molecule has 0 bridgehead atoms. The van der Waals surface area contributed by atoms with Crippen molar-refractivity contribution >= 4 is 5.78 Å². The first-order valence-electron chi connectivity index (χ1n) is 5.98. The summed E-state index contributed by atoms with van der Waals surface area (Å²) in [6.45, 7) is 1.54. The van der Waals surface area contributed by atoms with Gasteiger partial charge in [-0.05, 0) is 48.4 Å². The lowest BCUT2D eigenvalue weighted by molar-refractivity contribution is 0.0978. The van der Waals surface area contributed by atoms with Crippen LogP contribution in [0, 0.1) is 29.9 Å². The Morgan fingerprint density at radius 3 is 2.55 bits per heavy atom. The number of rotatable bonds is 3. The standard InChI is InChI=1S/C16H11F2NO/c1-10-7-12(5-6-15(10)18)16(20)14(9-19)11-3-2-4-13(17)8-11/h2-8,14H,1H3. The molecule has 0 aliphatic carbocycles. The van der Waals surface area contributed by atoms with Gasteiger partial charge in [-0.25, -0.2) is 8.78 Å². The maximum absolute atomic E-state index is 13.2. The molecule has 0 fully saturated rings. The van der Waals surface area contributed by atoms with E-state index in [-0.39, 0.29) is 5.56 Å². The first-order valence-corrected chi connectivity index (χ1v) is 5.98. The minimum Gasteiger partial charge on any atom is -0.292 e. The van der Waals surface area contributed by atoms with E-state index in [0.29, 0.717) is 11.1 Å². The van der Waals surface area contributed by atoms with Gasteiger partial charge in [-0.2, -0.15) is 5.26 Å². The van der Waals surface area contributed by atoms with Gasteiger partial charge in [0.15, 0.2) is 5.78 Å². The van der Waals surface area contributed by atoms with Crippen molar-refractivity contribution in [1.82, 2.24) is 0 Å². The topological polar surface area (TPSA) is 40.9 Å². The van der Waals surface area contributed by atoms with E-state index in [0.717, 1.165) is 6.07 Å². The summed E-state index contributed by atoms with van der Waals surface area (Å²) in [5.41, 5.74) is 0.853. The number of aryl methyl sites for hydroxylation is 1. The third-order valence-electron chi connectivity index (χ3n) is 3.02. The number of carbonyl (C=O) groups excluding carboxylic acids is 1. The molecule has 2 rings (SSSR count). The van der Waals surface area contributed by atoms with Crippen LogP contribution in [0.5, 0.6) is 0 Å². The fourth-order valence-corrected chi connectivity index (χ4v) is 1.94. The van der Waals surface area contributed by atoms with Crippen LogP contribution in [-0.2, 0) is 0 Å². The second-order valence-electron chi connectivity index (χ2n) is 4.45. The largest absolute Gasteiger partial charge is 0.292 e. The third-order valence-corrected chi connectivity index (χ3v) is 3.02. The second kappa shape index (κ2) is 5.62. The van der Waals surface area contributed by atoms with E-state index in [2.05, 4.69) is 0 Å². The molecule has 0 amide bonds. The zero-order chi connectivity index (χ0) is 14.7. The lowest BCUT2D eigenvalue weighted by Gasteiger charge is -2.09. The van der Waals surface area contributed by atoms with Gasteiger partial charge >= 0.3 is 0 Å². The summed E-state index contributed by atoms with van der Waals surface area (Å²) in [5.74, 6) is -2.50. The first-order chi connectivity index (χ1) is 9.52. The van der Waals surface area contributed by atoms with Crippen molar-refractivity contribution in [3.05, 3.63) is 70.8 Å². The molecule has 0 N–H and O–H groups in total. The molecular weight excluding hydrogens is 260 g/mol. The number of nitriles is 1. The van der Waals surface area contributed by atoms with Crippen LogP contribution >= 0.6 is 0 Å². The number of hydrogen-bond acceptors (Lipinski definition) is 2. The molecule has 0 heterocycles. The highest BCUT2D eigenvalue weighted by molar-refractivity contribution is 6.02. The molecule has 0 saturated heterocycles. The van der Waals surface area contributed by atoms with Gasteiger partial charge < -0.3 is 0 Å². The van der Waals surface area contributed by atoms with Crippen molar-refractivity contribution in [3.63, 3.8) is 0 Å². The van der Waals surface area contributed by atoms with Crippen molar-refractivity contribution in [1.29, 1.82) is 5.26 Å². The van der Waals surface area contributed by atoms with E-state index in [9.17, 15) is 13.6 Å². The normalized spacial score (nSPS) is 11.7. The summed E-state index contributed by atoms with van der Waals surface area (Å²) in [6.07, 6.45) is 0. The number of benzene rings is 2. The van der Waals surface area contributed by atoms with E-state index in [1.807, 2.05) is 6.07 Å². The minimum absolute atomic E-state index is 0.236. The fourth-order valence-electron chi connectivity index (χ4n) is 1.94. The highest BCUT2D eigenvalue weighted by Gasteiger charge is 2.22. The zero-order valence-electron chi connectivity index (χ0n) is 10.7. The van der Waals surface area contributed by atoms with Gasteiger partial charge in [0.05, 0.1) is 6.07 Å². The van der Waals surface area contributed by atoms with Crippen molar-refractivity contribution in [2.45, 2.75) is 12.8 Å². The van der Waals surface area contributed by atoms with Crippen molar-refractivity contribution in [3.8, 4) is 6.07 Å². The van der Waals surface area contributed by atoms with Crippen LogP contribution in [0.1, 0.15) is 27.4 Å². The summed E-state index contributed by atoms with van der Waals surface area (Å²) < 4.78 is 26.4. The average molecular weight is 271 g/mol. The van der Waals surface area contributed by atoms with Gasteiger partial charge in [0.25, 0.3) is 0 Å². The average Bonchev–Trinajstić information content (AvgIpc) is 2.42. The van der Waals surface area contributed by atoms with Crippen molar-refractivity contribution in [2.75, 3.05) is 0 Å². The number of carbonyl (C=O) groups is 1. The molecular formula is C16H11F2NO. The number of nitrogens with zero attached hydrogens (tertiary/aromatic N) is 1. The Bertz CT molecular complexity index is 704. The summed E-state index contributed by atoms with van der Waals surface area (Å²) in [6, 6.07) is 11.1. The zero-order valence-corrected chi connectivity index (χ0v) is 10.7. The van der Waals surface area contributed by atoms with Gasteiger partial charge in [-0.3, -0.25) is 4.79 Å². The Hall–Kier alpha value is -2.54. The van der Waals surface area contributed by atoms with Gasteiger partial charge in [0.2, 0.25) is 0 Å². The number of halogens is 2. The van der Waals surface area contributed by atoms with E-state index < -0.39 is 23.3 Å². The van der Waals surface area contributed by atoms with Crippen LogP contribution in [0.15, 0.2) is 42.5 Å². The molecule has 20 heavy (non-hydrogen) atoms. The summed E-state index contributed by atoms with van der Waals surface area (Å²) in [4.78, 5) is 12.3. The number of hydrogen-bond donors (Lipinski definition) is 0. The number of ketones is 1. The SMILES string of the molecule is Cc1cc(C(=O)C(C#N)c2cccc(F)c2)ccc1F. The van der Waals surface area contributed by atoms with Gasteiger partial charge in [-0.15, -0.1) is 0 Å². The lowest BCUT2D eigenvalue weighted by atomic mass is 9.91. The first kappa shape index (κ1) is 13.9. The van der Waals surface area contributed by atoms with Gasteiger partial charge in [0, 0.05) is 5.56 Å². The Morgan fingerprint density at radius 1 is 1.20 bits per heavy atom. The predicted molar refractivity (Wildman–Crippen MR) is 70.2 cm³/mol. The predicted octanol–water partition coefficient (Wildman–Crippen LogP) is 3.76. The van der Waals surface area contributed by atoms with Crippen LogP contribution < -0.4 is 0 Å². The van der Waals surface area contributed by atoms with E-state index in [1.54, 1.807) is 0 Å². The summed E-state index contributed by atoms with van der Waals surface area (Å²) >= 11 is 0. The molecule has 1 unspecified atom stereocenters. The van der Waals surface area contributed by atoms with Gasteiger partial charge in [-0.1, -0.05) is 12.1 Å². The fraction of sp³-hybridized carbons (Fsp3) is 0.125. The van der Waals surface area contributed by atoms with Crippen LogP contribution in [0.25, 0.3) is 0 Å². The Balaban J connectivity index is 2.39. The molecule has 0 spiro atoms. The molecule has 2 aromatic carbocycles. The molecule has 2 aromatic rings. The summed E-state index contributed by atoms with van der Waals surface area (Å²) in [5, 5.41) is 9.16. The molecule has 4 heteroatoms. The maximum Gasteiger partial charge on any atom is 0.184 e. The molecule has 0 aliphatic heterocycles. The van der Waals surface area contributed by atoms with Crippen molar-refractivity contribution < 1.29 is 13.6 Å². The van der Waals surface area contributed by atoms with Crippen LogP contribution in [-0.4, -0.2) is 5.78 Å². The minimum atomic E-state index is -1.10. The molecule has 100 valence electrons. The molecule has 1 atom stereocenters. The van der Waals surface area contributed by atoms with E-state index >= 15 is 0 Å². The highest BCUT2D eigenvalue weighted by Crippen LogP contribution is 2.22. The highest BCUT2D eigenvalue weighted by atomic mass is 19.1. The quantitative estimate of drug-likeness (QED) is 0.797. The monoisotopic (exact) mass is 271 g/mol. The molecule has 2 nitrogen and oxygen atoms in total. The molecule has 0 radical (unpaired) electrons. The second-order valence-corrected chi connectivity index (χ2v) is 4.45. The molecule has 0 aliphatic rings. The van der Waals surface area contributed by atoms with Crippen LogP contribution in [0.2, 0.25) is 0 Å². The summed E-state index contributed by atoms with van der Waals surface area (Å²) in [7, 11) is 0. The third kappa shape index (κ3) is 2.72. The van der Waals surface area contributed by atoms with Crippen LogP contribution in [0.3, 0.4) is 0 Å². The number of Topliss-reactive ketones (excluding diaryl/α,β-unsaturated/α-hetero) is 1. The maximum atomic E-state index is 13.2. The van der Waals surface area contributed by atoms with Gasteiger partial charge in [0.1, 0.15) is 17.6 Å². The lowest BCUT2D eigenvalue weighted by Crippen LogP contribution is -2.12. The van der Waals surface area contributed by atoms with E-state index in [1.165, 1.54) is 43.3 Å². The van der Waals surface area contributed by atoms with Crippen LogP contribution in [0.4, 0.5) is 8.78 Å². The Morgan fingerprint density at radius 2 is 1.95 bits per heavy atom. The van der Waals surface area contributed by atoms with Crippen molar-refractivity contribution in [2.24, 2.45) is 0 Å². The molecule has 0 saturated carbocycles. The molecule has 0 aromatic heterocycles.